The Balaban J connectivity index is 1.87. The number of carbonyl (C=O) groups excluding carboxylic acids is 1. The van der Waals surface area contributed by atoms with E-state index in [0.717, 1.165) is 25.9 Å². The monoisotopic (exact) mass is 196 g/mol. The van der Waals surface area contributed by atoms with Gasteiger partial charge in [-0.05, 0) is 38.6 Å². The van der Waals surface area contributed by atoms with Crippen molar-refractivity contribution in [2.45, 2.75) is 51.1 Å². The van der Waals surface area contributed by atoms with Crippen LogP contribution in [-0.4, -0.2) is 36.0 Å². The zero-order valence-corrected chi connectivity index (χ0v) is 8.96. The Hall–Kier alpha value is -0.570. The van der Waals surface area contributed by atoms with Crippen molar-refractivity contribution >= 4 is 5.91 Å². The Bertz CT molecular complexity index is 213. The standard InChI is InChI=1S/C11H20N2O/c1-2-7-12-10-4-3-8-13(11(10)14)9-5-6-9/h9-10,12H,2-8H2,1H3. The van der Waals surface area contributed by atoms with E-state index in [9.17, 15) is 4.79 Å². The number of hydrogen-bond acceptors (Lipinski definition) is 2. The van der Waals surface area contributed by atoms with E-state index in [-0.39, 0.29) is 6.04 Å². The van der Waals surface area contributed by atoms with Gasteiger partial charge in [0.25, 0.3) is 0 Å². The summed E-state index contributed by atoms with van der Waals surface area (Å²) in [5.74, 6) is 0.354. The number of carbonyl (C=O) groups is 1. The molecule has 1 aliphatic carbocycles. The fraction of sp³-hybridized carbons (Fsp3) is 0.909. The molecule has 0 aromatic rings. The summed E-state index contributed by atoms with van der Waals surface area (Å²) in [5.41, 5.74) is 0. The van der Waals surface area contributed by atoms with Crippen LogP contribution in [0.2, 0.25) is 0 Å². The first-order chi connectivity index (χ1) is 6.83. The number of hydrogen-bond donors (Lipinski definition) is 1. The Morgan fingerprint density at radius 3 is 2.86 bits per heavy atom. The molecule has 0 bridgehead atoms. The molecule has 1 atom stereocenters. The van der Waals surface area contributed by atoms with Crippen LogP contribution in [0.3, 0.4) is 0 Å². The van der Waals surface area contributed by atoms with Gasteiger partial charge in [0.15, 0.2) is 0 Å². The average Bonchev–Trinajstić information content (AvgIpc) is 3.00. The molecule has 1 unspecified atom stereocenters. The number of nitrogens with one attached hydrogen (secondary N) is 1. The molecule has 1 saturated heterocycles. The maximum atomic E-state index is 12.0. The van der Waals surface area contributed by atoms with Crippen molar-refractivity contribution in [2.24, 2.45) is 0 Å². The van der Waals surface area contributed by atoms with E-state index in [2.05, 4.69) is 17.1 Å². The maximum absolute atomic E-state index is 12.0. The van der Waals surface area contributed by atoms with Crippen molar-refractivity contribution in [3.63, 3.8) is 0 Å². The third-order valence-corrected chi connectivity index (χ3v) is 3.10. The largest absolute Gasteiger partial charge is 0.338 e. The topological polar surface area (TPSA) is 32.3 Å². The summed E-state index contributed by atoms with van der Waals surface area (Å²) >= 11 is 0. The molecular weight excluding hydrogens is 176 g/mol. The van der Waals surface area contributed by atoms with Crippen LogP contribution in [0.5, 0.6) is 0 Å². The second-order valence-corrected chi connectivity index (χ2v) is 4.41. The third-order valence-electron chi connectivity index (χ3n) is 3.10. The summed E-state index contributed by atoms with van der Waals surface area (Å²) in [6.07, 6.45) is 5.76. The fourth-order valence-corrected chi connectivity index (χ4v) is 2.16. The predicted molar refractivity (Wildman–Crippen MR) is 56.1 cm³/mol. The number of piperidine rings is 1. The lowest BCUT2D eigenvalue weighted by Crippen LogP contribution is -2.51. The molecule has 2 fully saturated rings. The average molecular weight is 196 g/mol. The second-order valence-electron chi connectivity index (χ2n) is 4.41. The molecule has 1 N–H and O–H groups in total. The first kappa shape index (κ1) is 9.97. The summed E-state index contributed by atoms with van der Waals surface area (Å²) < 4.78 is 0. The van der Waals surface area contributed by atoms with Crippen LogP contribution in [0.1, 0.15) is 39.0 Å². The number of amides is 1. The minimum Gasteiger partial charge on any atom is -0.338 e. The molecule has 1 heterocycles. The third kappa shape index (κ3) is 2.08. The van der Waals surface area contributed by atoms with Crippen LogP contribution in [0, 0.1) is 0 Å². The molecule has 80 valence electrons. The van der Waals surface area contributed by atoms with E-state index in [0.29, 0.717) is 11.9 Å². The molecule has 1 saturated carbocycles. The molecule has 0 aromatic carbocycles. The zero-order valence-electron chi connectivity index (χ0n) is 8.96. The van der Waals surface area contributed by atoms with E-state index in [1.165, 1.54) is 19.3 Å². The van der Waals surface area contributed by atoms with Crippen molar-refractivity contribution in [3.05, 3.63) is 0 Å². The van der Waals surface area contributed by atoms with E-state index in [1.807, 2.05) is 0 Å². The zero-order chi connectivity index (χ0) is 9.97. The fourth-order valence-electron chi connectivity index (χ4n) is 2.16. The van der Waals surface area contributed by atoms with Crippen molar-refractivity contribution in [2.75, 3.05) is 13.1 Å². The van der Waals surface area contributed by atoms with E-state index >= 15 is 0 Å². The van der Waals surface area contributed by atoms with Crippen LogP contribution < -0.4 is 5.32 Å². The highest BCUT2D eigenvalue weighted by molar-refractivity contribution is 5.83. The number of likely N-dealkylation sites (tertiary alicyclic amines) is 1. The van der Waals surface area contributed by atoms with Gasteiger partial charge in [-0.15, -0.1) is 0 Å². The number of rotatable bonds is 4. The molecule has 1 amide bonds. The summed E-state index contributed by atoms with van der Waals surface area (Å²) in [6.45, 7) is 4.10. The maximum Gasteiger partial charge on any atom is 0.239 e. The van der Waals surface area contributed by atoms with Crippen molar-refractivity contribution in [1.82, 2.24) is 10.2 Å². The molecule has 2 rings (SSSR count). The van der Waals surface area contributed by atoms with Gasteiger partial charge in [-0.25, -0.2) is 0 Å². The Morgan fingerprint density at radius 2 is 2.21 bits per heavy atom. The first-order valence-corrected chi connectivity index (χ1v) is 5.86. The smallest absolute Gasteiger partial charge is 0.239 e. The molecule has 0 aromatic heterocycles. The van der Waals surface area contributed by atoms with E-state index in [4.69, 9.17) is 0 Å². The normalized spacial score (nSPS) is 28.2. The summed E-state index contributed by atoms with van der Waals surface area (Å²) in [4.78, 5) is 14.1. The lowest BCUT2D eigenvalue weighted by atomic mass is 10.0. The minimum atomic E-state index is 0.115. The van der Waals surface area contributed by atoms with Crippen molar-refractivity contribution in [1.29, 1.82) is 0 Å². The predicted octanol–water partition coefficient (Wildman–Crippen LogP) is 1.14. The van der Waals surface area contributed by atoms with Crippen LogP contribution >= 0.6 is 0 Å². The van der Waals surface area contributed by atoms with Gasteiger partial charge in [0.2, 0.25) is 5.91 Å². The van der Waals surface area contributed by atoms with Gasteiger partial charge in [-0.1, -0.05) is 6.92 Å². The Morgan fingerprint density at radius 1 is 1.43 bits per heavy atom. The molecule has 3 heteroatoms. The summed E-state index contributed by atoms with van der Waals surface area (Å²) in [7, 11) is 0. The number of nitrogens with zero attached hydrogens (tertiary/aromatic N) is 1. The summed E-state index contributed by atoms with van der Waals surface area (Å²) in [6, 6.07) is 0.707. The first-order valence-electron chi connectivity index (χ1n) is 5.86. The Kier molecular flexibility index (Phi) is 3.06. The van der Waals surface area contributed by atoms with Gasteiger partial charge in [-0.3, -0.25) is 4.79 Å². The molecule has 0 spiro atoms. The van der Waals surface area contributed by atoms with Gasteiger partial charge in [0.05, 0.1) is 6.04 Å². The minimum absolute atomic E-state index is 0.115. The van der Waals surface area contributed by atoms with Crippen LogP contribution in [0.4, 0.5) is 0 Å². The van der Waals surface area contributed by atoms with Gasteiger partial charge in [0.1, 0.15) is 0 Å². The van der Waals surface area contributed by atoms with Crippen molar-refractivity contribution in [3.8, 4) is 0 Å². The molecule has 3 nitrogen and oxygen atoms in total. The molecule has 0 radical (unpaired) electrons. The highest BCUT2D eigenvalue weighted by atomic mass is 16.2. The van der Waals surface area contributed by atoms with Crippen LogP contribution in [0.25, 0.3) is 0 Å². The second kappa shape index (κ2) is 4.30. The van der Waals surface area contributed by atoms with Gasteiger partial charge < -0.3 is 10.2 Å². The molecule has 2 aliphatic rings. The lowest BCUT2D eigenvalue weighted by molar-refractivity contribution is -0.136. The summed E-state index contributed by atoms with van der Waals surface area (Å²) in [5, 5.41) is 3.34. The SMILES string of the molecule is CCCNC1CCCN(C2CC2)C1=O. The molecule has 14 heavy (non-hydrogen) atoms. The van der Waals surface area contributed by atoms with Crippen LogP contribution in [-0.2, 0) is 4.79 Å². The van der Waals surface area contributed by atoms with Gasteiger partial charge in [-0.2, -0.15) is 0 Å². The lowest BCUT2D eigenvalue weighted by Gasteiger charge is -2.32. The van der Waals surface area contributed by atoms with Gasteiger partial charge in [0, 0.05) is 12.6 Å². The molecule has 1 aliphatic heterocycles. The highest BCUT2D eigenvalue weighted by Crippen LogP contribution is 2.29. The Labute approximate surface area is 85.8 Å². The van der Waals surface area contributed by atoms with Crippen LogP contribution in [0.15, 0.2) is 0 Å². The van der Waals surface area contributed by atoms with E-state index in [1.54, 1.807) is 0 Å². The van der Waals surface area contributed by atoms with Gasteiger partial charge >= 0.3 is 0 Å². The highest BCUT2D eigenvalue weighted by Gasteiger charge is 2.37. The quantitative estimate of drug-likeness (QED) is 0.731. The molecular formula is C11H20N2O. The van der Waals surface area contributed by atoms with E-state index < -0.39 is 0 Å². The van der Waals surface area contributed by atoms with Crippen molar-refractivity contribution < 1.29 is 4.79 Å².